The maximum Gasteiger partial charge on any atom is 0.249 e. The highest BCUT2D eigenvalue weighted by Crippen LogP contribution is 2.30. The highest BCUT2D eigenvalue weighted by Gasteiger charge is 2.27. The molecule has 4 rings (SSSR count). The summed E-state index contributed by atoms with van der Waals surface area (Å²) in [4.78, 5) is 17.1. The third-order valence-electron chi connectivity index (χ3n) is 4.24. The number of carbonyl (C=O) groups excluding carboxylic acids is 1. The zero-order valence-corrected chi connectivity index (χ0v) is 16.5. The molecule has 3 aromatic heterocycles. The fourth-order valence-corrected chi connectivity index (χ4v) is 4.41. The summed E-state index contributed by atoms with van der Waals surface area (Å²) in [5.41, 5.74) is 1.58. The van der Waals surface area contributed by atoms with E-state index in [2.05, 4.69) is 20.5 Å². The van der Waals surface area contributed by atoms with E-state index in [9.17, 15) is 13.6 Å². The van der Waals surface area contributed by atoms with Gasteiger partial charge >= 0.3 is 0 Å². The fraction of sp³-hybridized carbons (Fsp3) is 0.222. The van der Waals surface area contributed by atoms with E-state index in [1.54, 1.807) is 15.9 Å². The van der Waals surface area contributed by atoms with Crippen molar-refractivity contribution in [1.29, 1.82) is 0 Å². The number of hydrogen-bond donors (Lipinski definition) is 1. The minimum Gasteiger partial charge on any atom is -0.318 e. The van der Waals surface area contributed by atoms with E-state index >= 15 is 0 Å². The first kappa shape index (κ1) is 18.6. The molecule has 0 saturated heterocycles. The van der Waals surface area contributed by atoms with Crippen molar-refractivity contribution in [2.45, 2.75) is 19.9 Å². The van der Waals surface area contributed by atoms with Gasteiger partial charge in [0, 0.05) is 23.1 Å². The number of imidazole rings is 1. The van der Waals surface area contributed by atoms with Gasteiger partial charge in [0.25, 0.3) is 0 Å². The molecule has 1 amide bonds. The molecule has 28 heavy (non-hydrogen) atoms. The first-order valence-electron chi connectivity index (χ1n) is 8.42. The summed E-state index contributed by atoms with van der Waals surface area (Å²) in [5, 5.41) is 15.9. The number of fused-ring (bicyclic) bond motifs is 1. The lowest BCUT2D eigenvalue weighted by Gasteiger charge is -2.21. The van der Waals surface area contributed by atoms with E-state index in [0.29, 0.717) is 15.7 Å². The van der Waals surface area contributed by atoms with Crippen LogP contribution >= 0.6 is 22.7 Å². The normalized spacial score (nSPS) is 12.6. The predicted octanol–water partition coefficient (Wildman–Crippen LogP) is 4.73. The molecule has 0 spiro atoms. The minimum absolute atomic E-state index is 0.130. The molecule has 0 aliphatic rings. The van der Waals surface area contributed by atoms with Crippen LogP contribution in [-0.4, -0.2) is 25.7 Å². The van der Waals surface area contributed by atoms with Crippen LogP contribution in [0.4, 0.5) is 13.9 Å². The summed E-state index contributed by atoms with van der Waals surface area (Å²) in [5.74, 6) is -2.42. The maximum atomic E-state index is 13.7. The van der Waals surface area contributed by atoms with Crippen molar-refractivity contribution in [1.82, 2.24) is 19.7 Å². The lowest BCUT2D eigenvalue weighted by molar-refractivity contribution is -0.120. The van der Waals surface area contributed by atoms with E-state index in [-0.39, 0.29) is 17.3 Å². The zero-order chi connectivity index (χ0) is 19.8. The summed E-state index contributed by atoms with van der Waals surface area (Å²) in [6.07, 6.45) is 1.42. The van der Waals surface area contributed by atoms with Crippen molar-refractivity contribution >= 4 is 44.7 Å². The molecule has 0 bridgehead atoms. The van der Waals surface area contributed by atoms with Gasteiger partial charge in [0.1, 0.15) is 11.0 Å². The average molecular weight is 419 g/mol. The summed E-state index contributed by atoms with van der Waals surface area (Å²) in [7, 11) is 0. The third kappa shape index (κ3) is 3.40. The number of nitrogens with zero attached hydrogens (tertiary/aromatic N) is 4. The summed E-state index contributed by atoms with van der Waals surface area (Å²) in [6, 6.07) is 3.33. The first-order valence-corrected chi connectivity index (χ1v) is 10.2. The number of hydrogen-bond acceptors (Lipinski definition) is 6. The lowest BCUT2D eigenvalue weighted by Crippen LogP contribution is -2.29. The molecular formula is C18H15F2N5OS2. The van der Waals surface area contributed by atoms with Gasteiger partial charge in [-0.2, -0.15) is 11.3 Å². The number of amides is 1. The Morgan fingerprint density at radius 2 is 2.00 bits per heavy atom. The van der Waals surface area contributed by atoms with Gasteiger partial charge in [-0.05, 0) is 17.4 Å². The molecule has 0 aliphatic carbocycles. The number of thiophene rings is 1. The van der Waals surface area contributed by atoms with Crippen LogP contribution in [0.15, 0.2) is 35.3 Å². The number of nitrogens with one attached hydrogen (secondary N) is 1. The fourth-order valence-electron chi connectivity index (χ4n) is 2.95. The summed E-state index contributed by atoms with van der Waals surface area (Å²) < 4.78 is 28.7. The number of anilines is 1. The zero-order valence-electron chi connectivity index (χ0n) is 14.9. The number of benzene rings is 1. The van der Waals surface area contributed by atoms with Gasteiger partial charge in [-0.3, -0.25) is 10.1 Å². The largest absolute Gasteiger partial charge is 0.318 e. The van der Waals surface area contributed by atoms with Gasteiger partial charge in [-0.15, -0.1) is 10.2 Å². The molecule has 144 valence electrons. The second kappa shape index (κ2) is 7.36. The monoisotopic (exact) mass is 419 g/mol. The SMILES string of the molecule is CC(C)C(C(=O)Nc1nnc(-c2ccsc2)s1)n1cnc2cc(F)c(F)cc21. The van der Waals surface area contributed by atoms with Crippen LogP contribution in [-0.2, 0) is 4.79 Å². The van der Waals surface area contributed by atoms with Crippen molar-refractivity contribution in [2.24, 2.45) is 5.92 Å². The molecule has 1 aromatic carbocycles. The van der Waals surface area contributed by atoms with Crippen molar-refractivity contribution in [3.8, 4) is 10.6 Å². The second-order valence-corrected chi connectivity index (χ2v) is 8.27. The van der Waals surface area contributed by atoms with E-state index in [0.717, 1.165) is 17.7 Å². The Balaban J connectivity index is 1.63. The molecule has 10 heteroatoms. The summed E-state index contributed by atoms with van der Waals surface area (Å²) in [6.45, 7) is 3.74. The van der Waals surface area contributed by atoms with Crippen molar-refractivity contribution in [2.75, 3.05) is 5.32 Å². The van der Waals surface area contributed by atoms with Crippen molar-refractivity contribution < 1.29 is 13.6 Å². The number of aromatic nitrogens is 4. The first-order chi connectivity index (χ1) is 13.4. The smallest absolute Gasteiger partial charge is 0.249 e. The van der Waals surface area contributed by atoms with Gasteiger partial charge in [0.2, 0.25) is 11.0 Å². The minimum atomic E-state index is -0.985. The quantitative estimate of drug-likeness (QED) is 0.508. The van der Waals surface area contributed by atoms with E-state index in [1.807, 2.05) is 30.7 Å². The highest BCUT2D eigenvalue weighted by atomic mass is 32.1. The molecule has 0 aliphatic heterocycles. The maximum absolute atomic E-state index is 13.7. The lowest BCUT2D eigenvalue weighted by atomic mass is 10.0. The van der Waals surface area contributed by atoms with Crippen LogP contribution in [0, 0.1) is 17.6 Å². The van der Waals surface area contributed by atoms with Crippen LogP contribution in [0.5, 0.6) is 0 Å². The molecule has 6 nitrogen and oxygen atoms in total. The van der Waals surface area contributed by atoms with Crippen molar-refractivity contribution in [3.63, 3.8) is 0 Å². The Kier molecular flexibility index (Phi) is 4.90. The molecule has 1 atom stereocenters. The Morgan fingerprint density at radius 1 is 1.21 bits per heavy atom. The molecule has 0 saturated carbocycles. The predicted molar refractivity (Wildman–Crippen MR) is 105 cm³/mol. The number of rotatable bonds is 5. The van der Waals surface area contributed by atoms with Gasteiger partial charge < -0.3 is 4.57 Å². The van der Waals surface area contributed by atoms with Crippen molar-refractivity contribution in [3.05, 3.63) is 46.9 Å². The number of carbonyl (C=O) groups is 1. The Morgan fingerprint density at radius 3 is 2.71 bits per heavy atom. The Labute approximate surface area is 166 Å². The van der Waals surface area contributed by atoms with Gasteiger partial charge in [0.15, 0.2) is 11.6 Å². The van der Waals surface area contributed by atoms with Gasteiger partial charge in [-0.25, -0.2) is 13.8 Å². The van der Waals surface area contributed by atoms with E-state index in [1.165, 1.54) is 17.7 Å². The molecule has 4 aromatic rings. The average Bonchev–Trinajstić information content (AvgIpc) is 3.37. The Hall–Kier alpha value is -2.72. The van der Waals surface area contributed by atoms with Gasteiger partial charge in [0.05, 0.1) is 17.4 Å². The summed E-state index contributed by atoms with van der Waals surface area (Å²) >= 11 is 2.82. The van der Waals surface area contributed by atoms with E-state index in [4.69, 9.17) is 0 Å². The molecular weight excluding hydrogens is 404 g/mol. The van der Waals surface area contributed by atoms with E-state index < -0.39 is 17.7 Å². The third-order valence-corrected chi connectivity index (χ3v) is 5.81. The number of halogens is 2. The second-order valence-electron chi connectivity index (χ2n) is 6.51. The topological polar surface area (TPSA) is 72.7 Å². The molecule has 0 fully saturated rings. The molecule has 1 N–H and O–H groups in total. The van der Waals surface area contributed by atoms with Crippen LogP contribution in [0.1, 0.15) is 19.9 Å². The van der Waals surface area contributed by atoms with Crippen LogP contribution in [0.25, 0.3) is 21.6 Å². The standard InChI is InChI=1S/C18H15F2N5OS2/c1-9(2)15(25-8-21-13-5-11(19)12(20)6-14(13)25)16(26)22-18-24-23-17(28-18)10-3-4-27-7-10/h3-9,15H,1-2H3,(H,22,24,26). The van der Waals surface area contributed by atoms with Crippen LogP contribution < -0.4 is 5.32 Å². The molecule has 0 radical (unpaired) electrons. The van der Waals surface area contributed by atoms with Crippen LogP contribution in [0.3, 0.4) is 0 Å². The highest BCUT2D eigenvalue weighted by molar-refractivity contribution is 7.19. The van der Waals surface area contributed by atoms with Gasteiger partial charge in [-0.1, -0.05) is 25.2 Å². The Bertz CT molecular complexity index is 1140. The molecule has 1 unspecified atom stereocenters. The molecule has 3 heterocycles. The van der Waals surface area contributed by atoms with Crippen LogP contribution in [0.2, 0.25) is 0 Å².